The molecule has 0 saturated carbocycles. The fourth-order valence-corrected chi connectivity index (χ4v) is 0.333. The average molecular weight is 295 g/mol. The zero-order valence-corrected chi connectivity index (χ0v) is 8.96. The predicted molar refractivity (Wildman–Crippen MR) is 38.3 cm³/mol. The van der Waals surface area contributed by atoms with E-state index in [0.717, 1.165) is 0 Å². The molecule has 0 spiro atoms. The second kappa shape index (κ2) is 9.81. The van der Waals surface area contributed by atoms with Gasteiger partial charge in [-0.3, -0.25) is 0 Å². The van der Waals surface area contributed by atoms with Crippen molar-refractivity contribution >= 4 is 26.6 Å². The quantitative estimate of drug-likeness (QED) is 0.676. The van der Waals surface area contributed by atoms with Crippen molar-refractivity contribution in [1.29, 1.82) is 0 Å². The van der Waals surface area contributed by atoms with E-state index in [1.165, 1.54) is 12.8 Å². The number of hydrogen-bond donors (Lipinski definition) is 0. The predicted octanol–water partition coefficient (Wildman–Crippen LogP) is 1.45. The van der Waals surface area contributed by atoms with E-state index >= 15 is 0 Å². The van der Waals surface area contributed by atoms with Gasteiger partial charge in [0.05, 0.1) is 0 Å². The Morgan fingerprint density at radius 2 is 2.00 bits per heavy atom. The maximum absolute atomic E-state index is 2.18. The summed E-state index contributed by atoms with van der Waals surface area (Å²) in [5.41, 5.74) is 0. The molecule has 0 heterocycles. The topological polar surface area (TPSA) is 0 Å². The number of allylic oxidation sites excluding steroid dienone is 2. The molecular formula is C6H14Po. The molecule has 0 saturated heterocycles. The van der Waals surface area contributed by atoms with Gasteiger partial charge in [0.1, 0.15) is 0 Å². The van der Waals surface area contributed by atoms with Crippen molar-refractivity contribution in [3.63, 3.8) is 0 Å². The van der Waals surface area contributed by atoms with Crippen LogP contribution in [0.2, 0.25) is 0 Å². The standard InChI is InChI=1S/C6H12.Po.2H/c1-3-5-6-4-2;;;/h3,5H,4,6H2,1-2H3;;;. The Balaban J connectivity index is 0. The molecule has 0 N–H and O–H groups in total. The Kier molecular flexibility index (Phi) is 14.8. The van der Waals surface area contributed by atoms with Gasteiger partial charge in [-0.25, -0.2) is 0 Å². The van der Waals surface area contributed by atoms with Crippen molar-refractivity contribution in [3.05, 3.63) is 12.2 Å². The fraction of sp³-hybridized carbons (Fsp3) is 0.667. The summed E-state index contributed by atoms with van der Waals surface area (Å²) < 4.78 is 0. The van der Waals surface area contributed by atoms with E-state index in [2.05, 4.69) is 26.0 Å². The van der Waals surface area contributed by atoms with Crippen LogP contribution >= 0.6 is 0 Å². The number of rotatable bonds is 2. The van der Waals surface area contributed by atoms with Crippen molar-refractivity contribution in [2.75, 3.05) is 0 Å². The zero-order valence-electron chi connectivity index (χ0n) is 5.07. The summed E-state index contributed by atoms with van der Waals surface area (Å²) in [6.07, 6.45) is 6.77. The van der Waals surface area contributed by atoms with Crippen LogP contribution in [0.4, 0.5) is 0 Å². The van der Waals surface area contributed by atoms with Crippen LogP contribution in [0.15, 0.2) is 12.2 Å². The Morgan fingerprint density at radius 3 is 2.14 bits per heavy atom. The molecule has 0 unspecified atom stereocenters. The van der Waals surface area contributed by atoms with Gasteiger partial charge in [-0.2, -0.15) is 0 Å². The summed E-state index contributed by atoms with van der Waals surface area (Å²) in [6, 6.07) is 0. The van der Waals surface area contributed by atoms with E-state index in [4.69, 9.17) is 0 Å². The van der Waals surface area contributed by atoms with Crippen LogP contribution < -0.4 is 0 Å². The first kappa shape index (κ1) is 10.6. The monoisotopic (exact) mass is 295 g/mol. The first-order valence-electron chi connectivity index (χ1n) is 2.53. The molecular weight excluding hydrogens is 281 g/mol. The van der Waals surface area contributed by atoms with Gasteiger partial charge in [0.15, 0.2) is 0 Å². The first-order chi connectivity index (χ1) is 2.91. The van der Waals surface area contributed by atoms with Gasteiger partial charge in [-0.15, -0.1) is 0 Å². The number of hydrogen-bond acceptors (Lipinski definition) is 0. The van der Waals surface area contributed by atoms with Crippen LogP contribution in [0.3, 0.4) is 0 Å². The van der Waals surface area contributed by atoms with Gasteiger partial charge in [-0.1, -0.05) is 25.5 Å². The van der Waals surface area contributed by atoms with E-state index in [1.807, 2.05) is 0 Å². The van der Waals surface area contributed by atoms with Gasteiger partial charge in [-0.05, 0) is 13.3 Å². The summed E-state index contributed by atoms with van der Waals surface area (Å²) in [5, 5.41) is 0. The Bertz CT molecular complexity index is 39.4. The van der Waals surface area contributed by atoms with Crippen LogP contribution in [-0.4, -0.2) is 26.6 Å². The molecule has 44 valence electrons. The van der Waals surface area contributed by atoms with Crippen LogP contribution in [0.5, 0.6) is 0 Å². The molecule has 0 amide bonds. The molecule has 0 aliphatic rings. The Labute approximate surface area is 65.5 Å². The summed E-state index contributed by atoms with van der Waals surface area (Å²) in [4.78, 5) is 0. The minimum absolute atomic E-state index is 0. The van der Waals surface area contributed by atoms with Crippen molar-refractivity contribution in [3.8, 4) is 0 Å². The molecule has 0 aliphatic heterocycles. The molecule has 0 aromatic heterocycles. The second-order valence-electron chi connectivity index (χ2n) is 1.36. The van der Waals surface area contributed by atoms with Gasteiger partial charge < -0.3 is 0 Å². The van der Waals surface area contributed by atoms with Crippen molar-refractivity contribution < 1.29 is 0 Å². The van der Waals surface area contributed by atoms with Gasteiger partial charge >= 0.3 is 26.6 Å². The molecule has 1 heteroatoms. The molecule has 0 bridgehead atoms. The Hall–Kier alpha value is 0.636. The molecule has 0 aromatic carbocycles. The molecule has 7 heavy (non-hydrogen) atoms. The van der Waals surface area contributed by atoms with E-state index in [0.29, 0.717) is 0 Å². The van der Waals surface area contributed by atoms with Crippen molar-refractivity contribution in [2.45, 2.75) is 26.7 Å². The summed E-state index contributed by atoms with van der Waals surface area (Å²) in [5.74, 6) is 0. The van der Waals surface area contributed by atoms with E-state index in [9.17, 15) is 0 Å². The van der Waals surface area contributed by atoms with Gasteiger partial charge in [0.2, 0.25) is 0 Å². The zero-order chi connectivity index (χ0) is 4.83. The summed E-state index contributed by atoms with van der Waals surface area (Å²) in [7, 11) is 0. The summed E-state index contributed by atoms with van der Waals surface area (Å²) in [6.45, 7) is 4.23. The third-order valence-corrected chi connectivity index (χ3v) is 0.691. The van der Waals surface area contributed by atoms with Crippen LogP contribution in [-0.2, 0) is 0 Å². The number of unbranched alkanes of at least 4 members (excludes halogenated alkanes) is 1. The fourth-order valence-electron chi connectivity index (χ4n) is 0.333. The normalized spacial score (nSPS) is 8.86. The molecule has 0 atom stereocenters. The van der Waals surface area contributed by atoms with Crippen LogP contribution in [0.1, 0.15) is 26.7 Å². The third kappa shape index (κ3) is 10.8. The molecule has 0 aliphatic carbocycles. The molecule has 0 nitrogen and oxygen atoms in total. The van der Waals surface area contributed by atoms with Crippen molar-refractivity contribution in [1.82, 2.24) is 0 Å². The molecule has 0 fully saturated rings. The van der Waals surface area contributed by atoms with E-state index in [1.54, 1.807) is 0 Å². The SMILES string of the molecule is CC=CCCC.[PoH2]. The second-order valence-corrected chi connectivity index (χ2v) is 1.36. The third-order valence-electron chi connectivity index (χ3n) is 0.691. The molecule has 0 aromatic rings. The minimum atomic E-state index is 0. The maximum atomic E-state index is 2.18. The van der Waals surface area contributed by atoms with Crippen LogP contribution in [0, 0.1) is 0 Å². The summed E-state index contributed by atoms with van der Waals surface area (Å²) >= 11 is 0. The van der Waals surface area contributed by atoms with E-state index in [-0.39, 0.29) is 26.6 Å². The van der Waals surface area contributed by atoms with Gasteiger partial charge in [0.25, 0.3) is 0 Å². The van der Waals surface area contributed by atoms with Crippen LogP contribution in [0.25, 0.3) is 0 Å². The molecule has 0 rings (SSSR count). The molecule has 0 radical (unpaired) electrons. The van der Waals surface area contributed by atoms with Gasteiger partial charge in [0, 0.05) is 0 Å². The van der Waals surface area contributed by atoms with Crippen molar-refractivity contribution in [2.24, 2.45) is 0 Å². The van der Waals surface area contributed by atoms with E-state index < -0.39 is 0 Å². The Morgan fingerprint density at radius 1 is 1.43 bits per heavy atom. The first-order valence-corrected chi connectivity index (χ1v) is 2.53. The average Bonchev–Trinajstić information content (AvgIpc) is 1.61.